The lowest BCUT2D eigenvalue weighted by Crippen LogP contribution is -2.06. The topological polar surface area (TPSA) is 59.2 Å². The molecule has 4 nitrogen and oxygen atoms in total. The molecule has 0 aliphatic carbocycles. The van der Waals surface area contributed by atoms with Crippen LogP contribution in [-0.2, 0) is 4.74 Å². The fraction of sp³-hybridized carbons (Fsp3) is 0.333. The number of Topliss-reactive ketones (excluding diaryl/α,β-unsaturated/α-hetero) is 1. The maximum atomic E-state index is 11.8. The lowest BCUT2D eigenvalue weighted by Gasteiger charge is -2.04. The van der Waals surface area contributed by atoms with Crippen molar-refractivity contribution in [1.82, 2.24) is 4.98 Å². The Bertz CT molecular complexity index is 613. The molecule has 0 fully saturated rings. The summed E-state index contributed by atoms with van der Waals surface area (Å²) in [4.78, 5) is 26.3. The molecule has 2 rings (SSSR count). The molecule has 0 aliphatic heterocycles. The number of ether oxygens (including phenoxy) is 1. The Kier molecular flexibility index (Phi) is 4.00. The van der Waals surface area contributed by atoms with E-state index < -0.39 is 0 Å². The van der Waals surface area contributed by atoms with Crippen molar-refractivity contribution in [3.63, 3.8) is 0 Å². The maximum absolute atomic E-state index is 11.8. The highest BCUT2D eigenvalue weighted by Gasteiger charge is 2.12. The van der Waals surface area contributed by atoms with Crippen LogP contribution in [0.3, 0.4) is 0 Å². The summed E-state index contributed by atoms with van der Waals surface area (Å²) in [6, 6.07) is 5.20. The fourth-order valence-corrected chi connectivity index (χ4v) is 1.93. The first-order chi connectivity index (χ1) is 9.13. The lowest BCUT2D eigenvalue weighted by molar-refractivity contribution is 0.0499. The molecule has 19 heavy (non-hydrogen) atoms. The minimum atomic E-state index is -0.342. The maximum Gasteiger partial charge on any atom is 0.338 e. The number of hydrogen-bond donors (Lipinski definition) is 1. The third-order valence-electron chi connectivity index (χ3n) is 3.03. The average Bonchev–Trinajstić information content (AvgIpc) is 2.81. The number of aromatic amines is 1. The summed E-state index contributed by atoms with van der Waals surface area (Å²) in [6.07, 6.45) is 3.51. The number of H-pyrrole nitrogens is 1. The normalized spacial score (nSPS) is 10.6. The van der Waals surface area contributed by atoms with Crippen LogP contribution < -0.4 is 0 Å². The van der Waals surface area contributed by atoms with E-state index in [1.54, 1.807) is 24.4 Å². The SMILES string of the molecule is CCCCOC(=O)c1ccc2[nH]cc(C(C)=O)c2c1. The Labute approximate surface area is 111 Å². The van der Waals surface area contributed by atoms with Crippen molar-refractivity contribution in [1.29, 1.82) is 0 Å². The molecule has 4 heteroatoms. The average molecular weight is 259 g/mol. The molecule has 0 bridgehead atoms. The molecule has 0 saturated heterocycles. The molecule has 0 unspecified atom stereocenters. The number of fused-ring (bicyclic) bond motifs is 1. The zero-order valence-electron chi connectivity index (χ0n) is 11.2. The van der Waals surface area contributed by atoms with Gasteiger partial charge in [0.15, 0.2) is 5.78 Å². The van der Waals surface area contributed by atoms with E-state index in [-0.39, 0.29) is 11.8 Å². The van der Waals surface area contributed by atoms with Crippen LogP contribution in [0, 0.1) is 0 Å². The van der Waals surface area contributed by atoms with Gasteiger partial charge in [-0.15, -0.1) is 0 Å². The highest BCUT2D eigenvalue weighted by Crippen LogP contribution is 2.20. The van der Waals surface area contributed by atoms with Gasteiger partial charge in [-0.2, -0.15) is 0 Å². The molecule has 1 aromatic carbocycles. The van der Waals surface area contributed by atoms with Crippen molar-refractivity contribution in [2.24, 2.45) is 0 Å². The van der Waals surface area contributed by atoms with E-state index >= 15 is 0 Å². The highest BCUT2D eigenvalue weighted by atomic mass is 16.5. The monoisotopic (exact) mass is 259 g/mol. The number of esters is 1. The standard InChI is InChI=1S/C15H17NO3/c1-3-4-7-19-15(18)11-5-6-14-12(8-11)13(9-16-14)10(2)17/h5-6,8-9,16H,3-4,7H2,1-2H3. The zero-order valence-corrected chi connectivity index (χ0v) is 11.2. The first-order valence-corrected chi connectivity index (χ1v) is 6.42. The summed E-state index contributed by atoms with van der Waals surface area (Å²) in [5.41, 5.74) is 1.92. The van der Waals surface area contributed by atoms with Crippen molar-refractivity contribution in [2.75, 3.05) is 6.61 Å². The van der Waals surface area contributed by atoms with Gasteiger partial charge in [0.05, 0.1) is 12.2 Å². The fourth-order valence-electron chi connectivity index (χ4n) is 1.93. The van der Waals surface area contributed by atoms with Gasteiger partial charge in [0.25, 0.3) is 0 Å². The van der Waals surface area contributed by atoms with Crippen LogP contribution in [0.2, 0.25) is 0 Å². The Balaban J connectivity index is 2.27. The third kappa shape index (κ3) is 2.84. The van der Waals surface area contributed by atoms with Crippen LogP contribution in [-0.4, -0.2) is 23.3 Å². The number of unbranched alkanes of at least 4 members (excludes halogenated alkanes) is 1. The number of ketones is 1. The summed E-state index contributed by atoms with van der Waals surface area (Å²) in [5.74, 6) is -0.367. The van der Waals surface area contributed by atoms with Gasteiger partial charge < -0.3 is 9.72 Å². The number of benzene rings is 1. The molecular weight excluding hydrogens is 242 g/mol. The molecular formula is C15H17NO3. The van der Waals surface area contributed by atoms with Gasteiger partial charge in [-0.3, -0.25) is 4.79 Å². The Morgan fingerprint density at radius 3 is 2.79 bits per heavy atom. The largest absolute Gasteiger partial charge is 0.462 e. The third-order valence-corrected chi connectivity index (χ3v) is 3.03. The number of nitrogens with one attached hydrogen (secondary N) is 1. The van der Waals surface area contributed by atoms with Gasteiger partial charge in [0.1, 0.15) is 0 Å². The number of carbonyl (C=O) groups excluding carboxylic acids is 2. The molecule has 0 saturated carbocycles. The van der Waals surface area contributed by atoms with E-state index in [9.17, 15) is 9.59 Å². The van der Waals surface area contributed by atoms with Gasteiger partial charge in [0, 0.05) is 22.7 Å². The van der Waals surface area contributed by atoms with Crippen LogP contribution in [0.15, 0.2) is 24.4 Å². The summed E-state index contributed by atoms with van der Waals surface area (Å²) in [5, 5.41) is 0.762. The second-order valence-electron chi connectivity index (χ2n) is 4.51. The van der Waals surface area contributed by atoms with Crippen LogP contribution >= 0.6 is 0 Å². The summed E-state index contributed by atoms with van der Waals surface area (Å²) < 4.78 is 5.16. The van der Waals surface area contributed by atoms with Crippen LogP contribution in [0.4, 0.5) is 0 Å². The highest BCUT2D eigenvalue weighted by molar-refractivity contribution is 6.08. The van der Waals surface area contributed by atoms with Crippen molar-refractivity contribution in [3.05, 3.63) is 35.5 Å². The first kappa shape index (κ1) is 13.3. The lowest BCUT2D eigenvalue weighted by atomic mass is 10.1. The van der Waals surface area contributed by atoms with Crippen LogP contribution in [0.5, 0.6) is 0 Å². The minimum Gasteiger partial charge on any atom is -0.462 e. The predicted octanol–water partition coefficient (Wildman–Crippen LogP) is 3.33. The van der Waals surface area contributed by atoms with Crippen molar-refractivity contribution >= 4 is 22.7 Å². The van der Waals surface area contributed by atoms with E-state index in [2.05, 4.69) is 4.98 Å². The predicted molar refractivity (Wildman–Crippen MR) is 73.5 cm³/mol. The summed E-state index contributed by atoms with van der Waals surface area (Å²) in [7, 11) is 0. The molecule has 0 spiro atoms. The van der Waals surface area contributed by atoms with Crippen molar-refractivity contribution in [3.8, 4) is 0 Å². The van der Waals surface area contributed by atoms with Gasteiger partial charge in [-0.25, -0.2) is 4.79 Å². The number of carbonyl (C=O) groups is 2. The van der Waals surface area contributed by atoms with Gasteiger partial charge >= 0.3 is 5.97 Å². The number of aromatic nitrogens is 1. The van der Waals surface area contributed by atoms with Crippen LogP contribution in [0.25, 0.3) is 10.9 Å². The summed E-state index contributed by atoms with van der Waals surface area (Å²) in [6.45, 7) is 3.98. The molecule has 0 radical (unpaired) electrons. The number of rotatable bonds is 5. The van der Waals surface area contributed by atoms with Gasteiger partial charge in [-0.1, -0.05) is 13.3 Å². The van der Waals surface area contributed by atoms with Crippen LogP contribution in [0.1, 0.15) is 47.4 Å². The Morgan fingerprint density at radius 2 is 2.11 bits per heavy atom. The van der Waals surface area contributed by atoms with Gasteiger partial charge in [-0.05, 0) is 31.5 Å². The van der Waals surface area contributed by atoms with Crippen molar-refractivity contribution < 1.29 is 14.3 Å². The molecule has 0 amide bonds. The molecule has 1 heterocycles. The Hall–Kier alpha value is -2.10. The van der Waals surface area contributed by atoms with E-state index in [4.69, 9.17) is 4.74 Å². The molecule has 100 valence electrons. The second-order valence-corrected chi connectivity index (χ2v) is 4.51. The van der Waals surface area contributed by atoms with E-state index in [0.29, 0.717) is 17.7 Å². The number of hydrogen-bond acceptors (Lipinski definition) is 3. The Morgan fingerprint density at radius 1 is 1.32 bits per heavy atom. The first-order valence-electron chi connectivity index (χ1n) is 6.42. The van der Waals surface area contributed by atoms with Crippen molar-refractivity contribution in [2.45, 2.75) is 26.7 Å². The van der Waals surface area contributed by atoms with E-state index in [1.165, 1.54) is 6.92 Å². The molecule has 1 N–H and O–H groups in total. The molecule has 0 atom stereocenters. The molecule has 2 aromatic rings. The van der Waals surface area contributed by atoms with Gasteiger partial charge in [0.2, 0.25) is 0 Å². The minimum absolute atomic E-state index is 0.0252. The second kappa shape index (κ2) is 5.69. The van der Waals surface area contributed by atoms with E-state index in [0.717, 1.165) is 23.7 Å². The van der Waals surface area contributed by atoms with E-state index in [1.807, 2.05) is 6.92 Å². The zero-order chi connectivity index (χ0) is 13.8. The smallest absolute Gasteiger partial charge is 0.338 e. The summed E-state index contributed by atoms with van der Waals surface area (Å²) >= 11 is 0. The molecule has 0 aliphatic rings. The quantitative estimate of drug-likeness (QED) is 0.509. The molecule has 1 aromatic heterocycles.